The summed E-state index contributed by atoms with van der Waals surface area (Å²) in [4.78, 5) is 103. The van der Waals surface area contributed by atoms with Crippen LogP contribution in [0.3, 0.4) is 0 Å². The molecular formula is C43H66N7O19P3S. The maximum Gasteiger partial charge on any atom is 0.481 e. The van der Waals surface area contributed by atoms with E-state index < -0.39 is 95.6 Å². The number of carbonyl (C=O) groups is 4. The van der Waals surface area contributed by atoms with Crippen molar-refractivity contribution in [3.8, 4) is 0 Å². The van der Waals surface area contributed by atoms with E-state index in [2.05, 4.69) is 48.3 Å². The van der Waals surface area contributed by atoms with Crippen molar-refractivity contribution in [3.63, 3.8) is 0 Å². The number of thioether (sulfide) groups is 1. The SMILES string of the molecule is C[C@H](C(=O)SCCNC(=O)CCNC(=O)[C@H](O)C(C)(C)COP(=O)(O)OP(=O)(O)OC[C@H]1O[C@@H](n2cnc3c(N)ncnc32)[C@H](O)[C@@H]1OP(=O)(O)O)[C@H]1CC[C@H]2[C@@H]3CCC4=CC(=O)CC[C@]4(C)[C@@]3(O)CC[C@]12C. The number of carbonyl (C=O) groups excluding carboxylic acids is 4. The van der Waals surface area contributed by atoms with Crippen molar-refractivity contribution in [2.75, 3.05) is 37.8 Å². The number of hydrogen-bond acceptors (Lipinski definition) is 20. The zero-order valence-corrected chi connectivity index (χ0v) is 44.5. The highest BCUT2D eigenvalue weighted by Crippen LogP contribution is 2.69. The summed E-state index contributed by atoms with van der Waals surface area (Å²) >= 11 is 1.15. The fourth-order valence-electron chi connectivity index (χ4n) is 11.9. The van der Waals surface area contributed by atoms with Gasteiger partial charge in [-0.05, 0) is 74.2 Å². The third kappa shape index (κ3) is 12.2. The van der Waals surface area contributed by atoms with Gasteiger partial charge in [0.15, 0.2) is 28.6 Å². The lowest BCUT2D eigenvalue weighted by molar-refractivity contribution is -0.193. The number of fused-ring (bicyclic) bond motifs is 6. The minimum atomic E-state index is -5.60. The van der Waals surface area contributed by atoms with Crippen LogP contribution in [-0.2, 0) is 55.5 Å². The molecule has 7 rings (SSSR count). The van der Waals surface area contributed by atoms with Crippen molar-refractivity contribution in [2.45, 2.75) is 129 Å². The molecule has 30 heteroatoms. The minimum absolute atomic E-state index is 0.0259. The maximum absolute atomic E-state index is 13.5. The summed E-state index contributed by atoms with van der Waals surface area (Å²) in [6.45, 7) is 6.81. The van der Waals surface area contributed by atoms with Crippen LogP contribution in [0.15, 0.2) is 24.3 Å². The second-order valence-electron chi connectivity index (χ2n) is 20.9. The Hall–Kier alpha value is -3.07. The number of phosphoric acid groups is 3. The van der Waals surface area contributed by atoms with Crippen LogP contribution in [0.25, 0.3) is 11.2 Å². The zero-order valence-electron chi connectivity index (χ0n) is 41.0. The minimum Gasteiger partial charge on any atom is -0.389 e. The van der Waals surface area contributed by atoms with Gasteiger partial charge in [0.1, 0.15) is 36.3 Å². The molecule has 3 saturated carbocycles. The first-order valence-corrected chi connectivity index (χ1v) is 29.4. The van der Waals surface area contributed by atoms with E-state index in [1.807, 2.05) is 6.92 Å². The predicted octanol–water partition coefficient (Wildman–Crippen LogP) is 2.56. The molecule has 1 saturated heterocycles. The molecule has 11 N–H and O–H groups in total. The van der Waals surface area contributed by atoms with E-state index in [4.69, 9.17) is 19.5 Å². The summed E-state index contributed by atoms with van der Waals surface area (Å²) in [7, 11) is -16.5. The highest BCUT2D eigenvalue weighted by molar-refractivity contribution is 8.13. The van der Waals surface area contributed by atoms with Gasteiger partial charge in [0.25, 0.3) is 0 Å². The molecule has 5 aliphatic rings. The molecule has 0 spiro atoms. The summed E-state index contributed by atoms with van der Waals surface area (Å²) in [6.07, 6.45) is 0.775. The van der Waals surface area contributed by atoms with Crippen molar-refractivity contribution >= 4 is 74.9 Å². The summed E-state index contributed by atoms with van der Waals surface area (Å²) < 4.78 is 62.7. The lowest BCUT2D eigenvalue weighted by Gasteiger charge is -2.63. The van der Waals surface area contributed by atoms with Crippen LogP contribution in [0.5, 0.6) is 0 Å². The Morgan fingerprint density at radius 1 is 0.986 bits per heavy atom. The number of nitrogens with zero attached hydrogens (tertiary/aromatic N) is 4. The quantitative estimate of drug-likeness (QED) is 0.0634. The summed E-state index contributed by atoms with van der Waals surface area (Å²) in [5.74, 6) is -0.734. The van der Waals surface area contributed by atoms with E-state index in [1.165, 1.54) is 13.8 Å². The summed E-state index contributed by atoms with van der Waals surface area (Å²) in [6, 6.07) is 0. The standard InChI is InChI=1S/C43H66N7O19P3S/c1-23(26-8-9-27-28-7-6-24-18-25(51)10-12-42(24,5)43(28,57)14-13-41(26,27)4)39(56)73-17-16-45-30(52)11-15-46-37(55)34(54)40(2,3)20-66-72(63,64)69-71(61,62)65-19-29-33(68-70(58,59)60)32(53)38(67-29)50-22-49-31-35(44)47-21-48-36(31)50/h18,21-23,26-29,32-34,38,53-54,57H,6-17,19-20H2,1-5H3,(H,45,52)(H,46,55)(H,61,62)(H,63,64)(H2,44,47,48)(H2,58,59,60)/t23-,26+,27-,28-,29+,32+,33+,34-,38+,41+,42-,43+/m0/s1. The van der Waals surface area contributed by atoms with E-state index in [9.17, 15) is 67.8 Å². The van der Waals surface area contributed by atoms with Crippen molar-refractivity contribution in [3.05, 3.63) is 24.3 Å². The zero-order chi connectivity index (χ0) is 53.7. The number of ketones is 1. The van der Waals surface area contributed by atoms with Gasteiger partial charge in [-0.25, -0.2) is 28.6 Å². The maximum atomic E-state index is 13.5. The highest BCUT2D eigenvalue weighted by atomic mass is 32.2. The second-order valence-corrected chi connectivity index (χ2v) is 26.2. The molecule has 0 bridgehead atoms. The first kappa shape index (κ1) is 57.6. The number of ether oxygens (including phenoxy) is 1. The molecule has 408 valence electrons. The number of rotatable bonds is 21. The number of aliphatic hydroxyl groups is 3. The molecule has 3 heterocycles. The van der Waals surface area contributed by atoms with Crippen LogP contribution >= 0.6 is 35.2 Å². The molecule has 0 radical (unpaired) electrons. The molecule has 2 amide bonds. The molecule has 4 fully saturated rings. The second kappa shape index (κ2) is 21.8. The summed E-state index contributed by atoms with van der Waals surface area (Å²) in [5, 5.41) is 39.2. The highest BCUT2D eigenvalue weighted by Gasteiger charge is 2.66. The Kier molecular flexibility index (Phi) is 17.2. The van der Waals surface area contributed by atoms with Crippen molar-refractivity contribution < 1.29 is 90.4 Å². The average molecular weight is 1110 g/mol. The molecule has 2 aromatic heterocycles. The molecular weight excluding hydrogens is 1040 g/mol. The van der Waals surface area contributed by atoms with Crippen LogP contribution in [0.4, 0.5) is 5.82 Å². The molecule has 4 aliphatic carbocycles. The molecule has 2 unspecified atom stereocenters. The Balaban J connectivity index is 0.807. The number of anilines is 1. The Labute approximate surface area is 424 Å². The third-order valence-corrected chi connectivity index (χ3v) is 20.1. The van der Waals surface area contributed by atoms with Crippen LogP contribution in [-0.4, -0.2) is 139 Å². The van der Waals surface area contributed by atoms with E-state index in [0.29, 0.717) is 25.0 Å². The van der Waals surface area contributed by atoms with Gasteiger partial charge in [-0.3, -0.25) is 37.3 Å². The molecule has 14 atom stereocenters. The van der Waals surface area contributed by atoms with E-state index in [1.54, 1.807) is 6.08 Å². The van der Waals surface area contributed by atoms with Gasteiger partial charge in [0.2, 0.25) is 11.8 Å². The first-order chi connectivity index (χ1) is 33.9. The van der Waals surface area contributed by atoms with Gasteiger partial charge in [-0.2, -0.15) is 4.31 Å². The monoisotopic (exact) mass is 1110 g/mol. The number of aromatic nitrogens is 4. The lowest BCUT2D eigenvalue weighted by atomic mass is 9.44. The van der Waals surface area contributed by atoms with E-state index >= 15 is 0 Å². The molecule has 73 heavy (non-hydrogen) atoms. The Bertz CT molecular complexity index is 2620. The Morgan fingerprint density at radius 2 is 1.70 bits per heavy atom. The largest absolute Gasteiger partial charge is 0.481 e. The van der Waals surface area contributed by atoms with Crippen LogP contribution in [0, 0.1) is 39.9 Å². The fraction of sp³-hybridized carbons (Fsp3) is 0.744. The first-order valence-electron chi connectivity index (χ1n) is 23.9. The van der Waals surface area contributed by atoms with Gasteiger partial charge < -0.3 is 56.0 Å². The third-order valence-electron chi connectivity index (χ3n) is 15.9. The fourth-order valence-corrected chi connectivity index (χ4v) is 15.6. The average Bonchev–Trinajstić information content (AvgIpc) is 3.98. The molecule has 0 aromatic carbocycles. The van der Waals surface area contributed by atoms with Crippen molar-refractivity contribution in [1.82, 2.24) is 30.2 Å². The molecule has 26 nitrogen and oxygen atoms in total. The number of amides is 2. The number of nitrogens with two attached hydrogens (primary N) is 1. The smallest absolute Gasteiger partial charge is 0.389 e. The number of phosphoric ester groups is 3. The van der Waals surface area contributed by atoms with Crippen LogP contribution < -0.4 is 16.4 Å². The lowest BCUT2D eigenvalue weighted by Crippen LogP contribution is -2.63. The van der Waals surface area contributed by atoms with Crippen molar-refractivity contribution in [1.29, 1.82) is 0 Å². The van der Waals surface area contributed by atoms with Gasteiger partial charge in [0, 0.05) is 48.4 Å². The number of hydrogen-bond donors (Lipinski definition) is 10. The van der Waals surface area contributed by atoms with E-state index in [0.717, 1.165) is 66.7 Å². The van der Waals surface area contributed by atoms with Gasteiger partial charge in [0.05, 0.1) is 25.1 Å². The molecule has 1 aliphatic heterocycles. The van der Waals surface area contributed by atoms with E-state index in [-0.39, 0.29) is 76.5 Å². The van der Waals surface area contributed by atoms with Crippen LogP contribution in [0.2, 0.25) is 0 Å². The number of imidazole rings is 1. The summed E-state index contributed by atoms with van der Waals surface area (Å²) in [5.41, 5.74) is 3.94. The topological polar surface area (TPSA) is 401 Å². The van der Waals surface area contributed by atoms with Gasteiger partial charge in [-0.1, -0.05) is 52.0 Å². The number of aliphatic hydroxyl groups excluding tert-OH is 2. The van der Waals surface area contributed by atoms with Crippen molar-refractivity contribution in [2.24, 2.45) is 39.9 Å². The number of nitrogens with one attached hydrogen (secondary N) is 2. The predicted molar refractivity (Wildman–Crippen MR) is 258 cm³/mol. The normalized spacial score (nSPS) is 32.8. The number of nitrogen functional groups attached to an aromatic ring is 1. The molecule has 2 aromatic rings. The van der Waals surface area contributed by atoms with Gasteiger partial charge in [-0.15, -0.1) is 0 Å². The van der Waals surface area contributed by atoms with Crippen LogP contribution in [0.1, 0.15) is 98.6 Å². The Morgan fingerprint density at radius 3 is 2.41 bits per heavy atom. The van der Waals surface area contributed by atoms with Gasteiger partial charge >= 0.3 is 23.5 Å².